The average molecular weight is 313 g/mol. The minimum Gasteiger partial charge on any atom is -0.391 e. The minimum atomic E-state index is -3.38. The number of aliphatic hydroxyl groups is 1. The Morgan fingerprint density at radius 2 is 1.71 bits per heavy atom. The van der Waals surface area contributed by atoms with E-state index in [2.05, 4.69) is 4.72 Å². The second-order valence-electron chi connectivity index (χ2n) is 5.59. The van der Waals surface area contributed by atoms with Crippen LogP contribution in [-0.4, -0.2) is 31.9 Å². The first-order chi connectivity index (χ1) is 9.89. The summed E-state index contributed by atoms with van der Waals surface area (Å²) in [7, 11) is -3.38. The van der Waals surface area contributed by atoms with Crippen molar-refractivity contribution in [3.05, 3.63) is 35.9 Å². The Kier molecular flexibility index (Phi) is 7.35. The molecule has 21 heavy (non-hydrogen) atoms. The predicted octanol–water partition coefficient (Wildman–Crippen LogP) is 2.51. The van der Waals surface area contributed by atoms with E-state index in [9.17, 15) is 13.5 Å². The maximum absolute atomic E-state index is 12.1. The Balaban J connectivity index is 2.54. The van der Waals surface area contributed by atoms with Crippen molar-refractivity contribution < 1.29 is 13.5 Å². The van der Waals surface area contributed by atoms with Crippen LogP contribution in [0, 0.1) is 5.92 Å². The predicted molar refractivity (Wildman–Crippen MR) is 86.7 cm³/mol. The number of sulfonamides is 1. The van der Waals surface area contributed by atoms with Crippen molar-refractivity contribution in [2.45, 2.75) is 45.6 Å². The zero-order chi connectivity index (χ0) is 15.9. The Morgan fingerprint density at radius 1 is 1.14 bits per heavy atom. The standard InChI is InChI=1S/C16H27NO3S/c1-4-14(5-2)16(18)11-17-21(19,20)12-13(3)15-9-7-6-8-10-15/h6-10,13-14,16-18H,4-5,11-12H2,1-3H3. The van der Waals surface area contributed by atoms with Crippen molar-refractivity contribution in [1.29, 1.82) is 0 Å². The first-order valence-corrected chi connectivity index (χ1v) is 9.25. The number of hydrogen-bond acceptors (Lipinski definition) is 3. The lowest BCUT2D eigenvalue weighted by Gasteiger charge is -2.21. The Labute approximate surface area is 128 Å². The Hall–Kier alpha value is -0.910. The molecular weight excluding hydrogens is 286 g/mol. The monoisotopic (exact) mass is 313 g/mol. The van der Waals surface area contributed by atoms with E-state index in [1.165, 1.54) is 0 Å². The van der Waals surface area contributed by atoms with E-state index in [-0.39, 0.29) is 24.1 Å². The van der Waals surface area contributed by atoms with Crippen LogP contribution in [0.1, 0.15) is 45.1 Å². The molecule has 0 fully saturated rings. The smallest absolute Gasteiger partial charge is 0.212 e. The van der Waals surface area contributed by atoms with Crippen molar-refractivity contribution in [2.24, 2.45) is 5.92 Å². The van der Waals surface area contributed by atoms with Crippen LogP contribution in [0.3, 0.4) is 0 Å². The third-order valence-corrected chi connectivity index (χ3v) is 5.49. The summed E-state index contributed by atoms with van der Waals surface area (Å²) in [6.45, 7) is 5.99. The fourth-order valence-electron chi connectivity index (χ4n) is 2.48. The van der Waals surface area contributed by atoms with Crippen LogP contribution in [0.15, 0.2) is 30.3 Å². The van der Waals surface area contributed by atoms with E-state index >= 15 is 0 Å². The molecule has 4 nitrogen and oxygen atoms in total. The fraction of sp³-hybridized carbons (Fsp3) is 0.625. The Morgan fingerprint density at radius 3 is 2.24 bits per heavy atom. The molecule has 1 aromatic carbocycles. The molecule has 0 heterocycles. The van der Waals surface area contributed by atoms with E-state index < -0.39 is 16.1 Å². The number of rotatable bonds is 9. The maximum atomic E-state index is 12.1. The zero-order valence-corrected chi connectivity index (χ0v) is 13.9. The summed E-state index contributed by atoms with van der Waals surface area (Å²) in [5.41, 5.74) is 1.00. The van der Waals surface area contributed by atoms with Crippen LogP contribution >= 0.6 is 0 Å². The number of hydrogen-bond donors (Lipinski definition) is 2. The summed E-state index contributed by atoms with van der Waals surface area (Å²) >= 11 is 0. The summed E-state index contributed by atoms with van der Waals surface area (Å²) in [5, 5.41) is 10.00. The quantitative estimate of drug-likeness (QED) is 0.736. The lowest BCUT2D eigenvalue weighted by atomic mass is 9.97. The molecule has 2 unspecified atom stereocenters. The van der Waals surface area contributed by atoms with Crippen LogP contribution in [0.2, 0.25) is 0 Å². The van der Waals surface area contributed by atoms with Gasteiger partial charge >= 0.3 is 0 Å². The molecule has 0 aliphatic rings. The molecule has 2 N–H and O–H groups in total. The van der Waals surface area contributed by atoms with Gasteiger partial charge in [0.15, 0.2) is 0 Å². The highest BCUT2D eigenvalue weighted by Gasteiger charge is 2.21. The van der Waals surface area contributed by atoms with Gasteiger partial charge in [-0.05, 0) is 17.4 Å². The molecule has 1 rings (SSSR count). The van der Waals surface area contributed by atoms with E-state index in [4.69, 9.17) is 0 Å². The van der Waals surface area contributed by atoms with Gasteiger partial charge in [-0.15, -0.1) is 0 Å². The van der Waals surface area contributed by atoms with Crippen LogP contribution in [0.5, 0.6) is 0 Å². The molecule has 1 aromatic rings. The van der Waals surface area contributed by atoms with Gasteiger partial charge in [-0.25, -0.2) is 13.1 Å². The number of nitrogens with one attached hydrogen (secondary N) is 1. The second-order valence-corrected chi connectivity index (χ2v) is 7.44. The summed E-state index contributed by atoms with van der Waals surface area (Å²) in [4.78, 5) is 0. The van der Waals surface area contributed by atoms with Gasteiger partial charge < -0.3 is 5.11 Å². The van der Waals surface area contributed by atoms with Crippen molar-refractivity contribution in [2.75, 3.05) is 12.3 Å². The molecule has 0 bridgehead atoms. The number of benzene rings is 1. The first kappa shape index (κ1) is 18.1. The summed E-state index contributed by atoms with van der Waals surface area (Å²) < 4.78 is 26.7. The maximum Gasteiger partial charge on any atom is 0.212 e. The minimum absolute atomic E-state index is 0.0344. The van der Waals surface area contributed by atoms with Gasteiger partial charge in [0.25, 0.3) is 0 Å². The lowest BCUT2D eigenvalue weighted by Crippen LogP contribution is -2.38. The molecule has 0 saturated heterocycles. The van der Waals surface area contributed by atoms with Gasteiger partial charge in [-0.2, -0.15) is 0 Å². The van der Waals surface area contributed by atoms with E-state index in [1.807, 2.05) is 51.1 Å². The van der Waals surface area contributed by atoms with Gasteiger partial charge in [-0.1, -0.05) is 63.9 Å². The summed E-state index contributed by atoms with van der Waals surface area (Å²) in [6, 6.07) is 9.58. The molecule has 0 aliphatic carbocycles. The second kappa shape index (κ2) is 8.51. The average Bonchev–Trinajstić information content (AvgIpc) is 2.47. The summed E-state index contributed by atoms with van der Waals surface area (Å²) in [5.74, 6) is 0.0976. The number of aliphatic hydroxyl groups excluding tert-OH is 1. The summed E-state index contributed by atoms with van der Waals surface area (Å²) in [6.07, 6.45) is 1.07. The molecule has 0 aromatic heterocycles. The van der Waals surface area contributed by atoms with Crippen molar-refractivity contribution in [3.63, 3.8) is 0 Å². The zero-order valence-electron chi connectivity index (χ0n) is 13.1. The fourth-order valence-corrected chi connectivity index (χ4v) is 3.87. The normalized spacial score (nSPS) is 15.1. The van der Waals surface area contributed by atoms with Crippen molar-refractivity contribution in [3.8, 4) is 0 Å². The van der Waals surface area contributed by atoms with Gasteiger partial charge in [0.1, 0.15) is 0 Å². The molecule has 2 atom stereocenters. The third kappa shape index (κ3) is 6.16. The molecule has 5 heteroatoms. The SMILES string of the molecule is CCC(CC)C(O)CNS(=O)(=O)CC(C)c1ccccc1. The van der Waals surface area contributed by atoms with Gasteiger partial charge in [-0.3, -0.25) is 0 Å². The van der Waals surface area contributed by atoms with Crippen LogP contribution < -0.4 is 4.72 Å². The third-order valence-electron chi connectivity index (χ3n) is 3.94. The van der Waals surface area contributed by atoms with Crippen LogP contribution in [0.4, 0.5) is 0 Å². The largest absolute Gasteiger partial charge is 0.391 e. The first-order valence-electron chi connectivity index (χ1n) is 7.60. The van der Waals surface area contributed by atoms with E-state index in [1.54, 1.807) is 0 Å². The molecule has 0 amide bonds. The van der Waals surface area contributed by atoms with Gasteiger partial charge in [0.2, 0.25) is 10.0 Å². The topological polar surface area (TPSA) is 66.4 Å². The van der Waals surface area contributed by atoms with Crippen molar-refractivity contribution >= 4 is 10.0 Å². The van der Waals surface area contributed by atoms with Crippen LogP contribution in [0.25, 0.3) is 0 Å². The highest BCUT2D eigenvalue weighted by atomic mass is 32.2. The molecule has 0 radical (unpaired) electrons. The molecule has 0 spiro atoms. The van der Waals surface area contributed by atoms with Crippen molar-refractivity contribution in [1.82, 2.24) is 4.72 Å². The molecule has 120 valence electrons. The molecular formula is C16H27NO3S. The molecule has 0 aliphatic heterocycles. The van der Waals surface area contributed by atoms with Gasteiger partial charge in [0.05, 0.1) is 11.9 Å². The van der Waals surface area contributed by atoms with E-state index in [0.29, 0.717) is 0 Å². The van der Waals surface area contributed by atoms with E-state index in [0.717, 1.165) is 18.4 Å². The highest BCUT2D eigenvalue weighted by Crippen LogP contribution is 2.17. The Bertz CT molecular complexity index is 498. The highest BCUT2D eigenvalue weighted by molar-refractivity contribution is 7.89. The van der Waals surface area contributed by atoms with Gasteiger partial charge in [0, 0.05) is 6.54 Å². The molecule has 0 saturated carbocycles. The van der Waals surface area contributed by atoms with Crippen LogP contribution in [-0.2, 0) is 10.0 Å². The lowest BCUT2D eigenvalue weighted by molar-refractivity contribution is 0.107.